The fraction of sp³-hybridized carbons (Fsp3) is 0.400. The number of esters is 1. The number of halogens is 12. The zero-order valence-corrected chi connectivity index (χ0v) is 15.7. The van der Waals surface area contributed by atoms with Crippen molar-refractivity contribution in [3.05, 3.63) is 45.6 Å². The fourth-order valence-corrected chi connectivity index (χ4v) is 2.39. The zero-order chi connectivity index (χ0) is 22.9. The van der Waals surface area contributed by atoms with Gasteiger partial charge in [0.1, 0.15) is 6.61 Å². The summed E-state index contributed by atoms with van der Waals surface area (Å²) in [6.07, 6.45) is -15.2. The Bertz CT molecular complexity index is 756. The van der Waals surface area contributed by atoms with E-state index in [9.17, 15) is 53.1 Å². The SMILES string of the molecule is O=C(OCC(I)=CC(F)(C(F)(F)F)C(F)(F)C(F)(F)C(F)(F)F)c1ccccc1. The van der Waals surface area contributed by atoms with Crippen LogP contribution in [0.15, 0.2) is 40.0 Å². The van der Waals surface area contributed by atoms with Crippen LogP contribution < -0.4 is 0 Å². The molecule has 0 aromatic heterocycles. The predicted molar refractivity (Wildman–Crippen MR) is 84.7 cm³/mol. The highest BCUT2D eigenvalue weighted by Crippen LogP contribution is 2.57. The van der Waals surface area contributed by atoms with Gasteiger partial charge in [-0.05, 0) is 40.8 Å². The third-order valence-electron chi connectivity index (χ3n) is 3.33. The van der Waals surface area contributed by atoms with Crippen LogP contribution in [0, 0.1) is 0 Å². The summed E-state index contributed by atoms with van der Waals surface area (Å²) in [4.78, 5) is 11.6. The maximum atomic E-state index is 14.1. The molecule has 0 heterocycles. The molecule has 2 nitrogen and oxygen atoms in total. The quantitative estimate of drug-likeness (QED) is 0.235. The Labute approximate surface area is 168 Å². The van der Waals surface area contributed by atoms with Gasteiger partial charge in [-0.3, -0.25) is 0 Å². The molecule has 1 aromatic carbocycles. The molecule has 29 heavy (non-hydrogen) atoms. The largest absolute Gasteiger partial charge is 0.460 e. The van der Waals surface area contributed by atoms with Crippen LogP contribution in [-0.2, 0) is 4.74 Å². The van der Waals surface area contributed by atoms with Crippen molar-refractivity contribution in [2.24, 2.45) is 0 Å². The molecule has 0 saturated heterocycles. The smallest absolute Gasteiger partial charge is 0.457 e. The number of alkyl halides is 11. The first-order chi connectivity index (χ1) is 12.9. The minimum atomic E-state index is -7.36. The molecule has 0 saturated carbocycles. The number of carbonyl (C=O) groups is 1. The molecule has 1 rings (SSSR count). The first-order valence-electron chi connectivity index (χ1n) is 7.06. The highest BCUT2D eigenvalue weighted by atomic mass is 127. The van der Waals surface area contributed by atoms with Crippen LogP contribution >= 0.6 is 22.6 Å². The van der Waals surface area contributed by atoms with Gasteiger partial charge in [-0.15, -0.1) is 0 Å². The summed E-state index contributed by atoms with van der Waals surface area (Å²) < 4.78 is 145. The number of allylic oxidation sites excluding steroid dienone is 1. The zero-order valence-electron chi connectivity index (χ0n) is 13.5. The normalized spacial score (nSPS) is 16.3. The Kier molecular flexibility index (Phi) is 7.24. The van der Waals surface area contributed by atoms with Gasteiger partial charge in [0.2, 0.25) is 0 Å². The first-order valence-corrected chi connectivity index (χ1v) is 8.14. The van der Waals surface area contributed by atoms with Crippen molar-refractivity contribution < 1.29 is 57.8 Å². The van der Waals surface area contributed by atoms with Gasteiger partial charge < -0.3 is 4.74 Å². The lowest BCUT2D eigenvalue weighted by atomic mass is 9.90. The maximum absolute atomic E-state index is 14.1. The van der Waals surface area contributed by atoms with Gasteiger partial charge in [0.15, 0.2) is 0 Å². The molecule has 0 N–H and O–H groups in total. The first kappa shape index (κ1) is 25.4. The number of carbonyl (C=O) groups excluding carboxylic acids is 1. The van der Waals surface area contributed by atoms with Crippen LogP contribution in [0.1, 0.15) is 10.4 Å². The summed E-state index contributed by atoms with van der Waals surface area (Å²) in [5, 5.41) is 0. The number of rotatable bonds is 6. The molecule has 1 unspecified atom stereocenters. The molecule has 0 amide bonds. The molecule has 0 fully saturated rings. The van der Waals surface area contributed by atoms with E-state index >= 15 is 0 Å². The predicted octanol–water partition coefficient (Wildman–Crippen LogP) is 6.27. The molecular weight excluding hydrogens is 548 g/mol. The van der Waals surface area contributed by atoms with Crippen molar-refractivity contribution in [2.75, 3.05) is 6.61 Å². The van der Waals surface area contributed by atoms with Gasteiger partial charge in [-0.1, -0.05) is 18.2 Å². The summed E-state index contributed by atoms with van der Waals surface area (Å²) in [6.45, 7) is -1.30. The second kappa shape index (κ2) is 8.26. The van der Waals surface area contributed by atoms with Crippen molar-refractivity contribution in [2.45, 2.75) is 29.9 Å². The summed E-state index contributed by atoms with van der Waals surface area (Å²) in [6, 6.07) is 6.56. The maximum Gasteiger partial charge on any atom is 0.460 e. The number of hydrogen-bond donors (Lipinski definition) is 0. The molecule has 0 aliphatic heterocycles. The Hall–Kier alpha value is -1.61. The molecular formula is C15H8F11IO2. The summed E-state index contributed by atoms with van der Waals surface area (Å²) in [7, 11) is 0. The molecule has 1 aromatic rings. The average Bonchev–Trinajstić information content (AvgIpc) is 2.58. The van der Waals surface area contributed by atoms with Crippen LogP contribution in [0.25, 0.3) is 0 Å². The Morgan fingerprint density at radius 2 is 1.31 bits per heavy atom. The molecule has 14 heteroatoms. The third-order valence-corrected chi connectivity index (χ3v) is 3.95. The Balaban J connectivity index is 3.25. The summed E-state index contributed by atoms with van der Waals surface area (Å²) >= 11 is 0.733. The standard InChI is InChI=1S/C15H8F11IO2/c16-11(14(21,22)23,12(17,18)13(19,20)15(24,25)26)6-9(27)7-29-10(28)8-4-2-1-3-5-8/h1-6H,7H2. The third kappa shape index (κ3) is 4.94. The number of hydrogen-bond acceptors (Lipinski definition) is 2. The van der Waals surface area contributed by atoms with Crippen LogP contribution in [0.5, 0.6) is 0 Å². The molecule has 0 aliphatic carbocycles. The lowest BCUT2D eigenvalue weighted by Gasteiger charge is -2.37. The van der Waals surface area contributed by atoms with Crippen molar-refractivity contribution >= 4 is 28.6 Å². The van der Waals surface area contributed by atoms with E-state index in [-0.39, 0.29) is 5.56 Å². The van der Waals surface area contributed by atoms with Gasteiger partial charge in [-0.2, -0.15) is 43.9 Å². The minimum Gasteiger partial charge on any atom is -0.457 e. The van der Waals surface area contributed by atoms with Crippen LogP contribution in [0.4, 0.5) is 48.3 Å². The molecule has 0 bridgehead atoms. The lowest BCUT2D eigenvalue weighted by Crippen LogP contribution is -2.66. The highest BCUT2D eigenvalue weighted by molar-refractivity contribution is 14.1. The highest BCUT2D eigenvalue weighted by Gasteiger charge is 2.85. The van der Waals surface area contributed by atoms with Gasteiger partial charge in [-0.25, -0.2) is 9.18 Å². The monoisotopic (exact) mass is 556 g/mol. The van der Waals surface area contributed by atoms with E-state index in [1.54, 1.807) is 0 Å². The van der Waals surface area contributed by atoms with Gasteiger partial charge in [0.05, 0.1) is 5.56 Å². The van der Waals surface area contributed by atoms with Crippen molar-refractivity contribution in [1.29, 1.82) is 0 Å². The Morgan fingerprint density at radius 1 is 0.828 bits per heavy atom. The molecule has 0 radical (unpaired) electrons. The molecule has 1 atom stereocenters. The van der Waals surface area contributed by atoms with Crippen molar-refractivity contribution in [3.8, 4) is 0 Å². The van der Waals surface area contributed by atoms with Gasteiger partial charge >= 0.3 is 30.2 Å². The Morgan fingerprint density at radius 3 is 1.72 bits per heavy atom. The van der Waals surface area contributed by atoms with E-state index in [1.165, 1.54) is 30.3 Å². The summed E-state index contributed by atoms with van der Waals surface area (Å²) in [5.74, 6) is -15.8. The molecule has 0 aliphatic rings. The van der Waals surface area contributed by atoms with Crippen molar-refractivity contribution in [3.63, 3.8) is 0 Å². The molecule has 0 spiro atoms. The van der Waals surface area contributed by atoms with E-state index in [4.69, 9.17) is 0 Å². The number of benzene rings is 1. The molecule has 164 valence electrons. The van der Waals surface area contributed by atoms with E-state index in [0.29, 0.717) is 0 Å². The van der Waals surface area contributed by atoms with E-state index in [0.717, 1.165) is 22.6 Å². The van der Waals surface area contributed by atoms with Gasteiger partial charge in [0, 0.05) is 3.58 Å². The second-order valence-corrected chi connectivity index (χ2v) is 6.78. The van der Waals surface area contributed by atoms with E-state index in [1.807, 2.05) is 0 Å². The average molecular weight is 556 g/mol. The minimum absolute atomic E-state index is 0.145. The van der Waals surface area contributed by atoms with Crippen LogP contribution in [0.3, 0.4) is 0 Å². The number of ether oxygens (including phenoxy) is 1. The van der Waals surface area contributed by atoms with Crippen LogP contribution in [-0.4, -0.2) is 42.4 Å². The lowest BCUT2D eigenvalue weighted by molar-refractivity contribution is -0.402. The van der Waals surface area contributed by atoms with Crippen LogP contribution in [0.2, 0.25) is 0 Å². The fourth-order valence-electron chi connectivity index (χ4n) is 1.81. The van der Waals surface area contributed by atoms with E-state index in [2.05, 4.69) is 4.74 Å². The second-order valence-electron chi connectivity index (χ2n) is 5.39. The van der Waals surface area contributed by atoms with Gasteiger partial charge in [0.25, 0.3) is 5.67 Å². The topological polar surface area (TPSA) is 26.3 Å². The van der Waals surface area contributed by atoms with E-state index < -0.39 is 52.1 Å². The van der Waals surface area contributed by atoms with Crippen molar-refractivity contribution in [1.82, 2.24) is 0 Å². The summed E-state index contributed by atoms with van der Waals surface area (Å²) in [5.41, 5.74) is -6.57.